The van der Waals surface area contributed by atoms with Gasteiger partial charge in [0.25, 0.3) is 5.91 Å². The van der Waals surface area contributed by atoms with Crippen LogP contribution in [0.15, 0.2) is 96.4 Å². The van der Waals surface area contributed by atoms with Crippen LogP contribution in [-0.4, -0.2) is 27.1 Å². The predicted molar refractivity (Wildman–Crippen MR) is 128 cm³/mol. The molecular formula is C25H22N4O2S. The molecule has 1 heterocycles. The molecule has 2 N–H and O–H groups in total. The number of aromatic nitrogens is 2. The molecule has 160 valence electrons. The highest BCUT2D eigenvalue weighted by Gasteiger charge is 2.12. The van der Waals surface area contributed by atoms with E-state index in [4.69, 9.17) is 0 Å². The van der Waals surface area contributed by atoms with Crippen molar-refractivity contribution in [1.82, 2.24) is 9.55 Å². The summed E-state index contributed by atoms with van der Waals surface area (Å²) in [6, 6.07) is 24.3. The number of aryl methyl sites for hydroxylation is 1. The molecule has 0 atom stereocenters. The van der Waals surface area contributed by atoms with Gasteiger partial charge in [-0.2, -0.15) is 0 Å². The highest BCUT2D eigenvalue weighted by Crippen LogP contribution is 2.22. The summed E-state index contributed by atoms with van der Waals surface area (Å²) >= 11 is 1.34. The maximum absolute atomic E-state index is 12.6. The molecule has 0 saturated carbocycles. The third-order valence-electron chi connectivity index (χ3n) is 4.78. The zero-order valence-electron chi connectivity index (χ0n) is 17.5. The number of hydrogen-bond acceptors (Lipinski definition) is 4. The van der Waals surface area contributed by atoms with Crippen LogP contribution in [0.2, 0.25) is 0 Å². The van der Waals surface area contributed by atoms with Gasteiger partial charge in [0.2, 0.25) is 5.91 Å². The van der Waals surface area contributed by atoms with E-state index in [1.54, 1.807) is 18.3 Å². The molecule has 0 bridgehead atoms. The first-order valence-corrected chi connectivity index (χ1v) is 11.1. The average molecular weight is 443 g/mol. The molecule has 0 aliphatic carbocycles. The number of rotatable bonds is 7. The zero-order valence-corrected chi connectivity index (χ0v) is 18.3. The molecule has 0 aliphatic rings. The first-order valence-electron chi connectivity index (χ1n) is 10.1. The number of anilines is 2. The Morgan fingerprint density at radius 2 is 1.72 bits per heavy atom. The van der Waals surface area contributed by atoms with Crippen molar-refractivity contribution >= 4 is 35.0 Å². The molecule has 1 aromatic heterocycles. The number of para-hydroxylation sites is 2. The summed E-state index contributed by atoms with van der Waals surface area (Å²) < 4.78 is 1.87. The predicted octanol–water partition coefficient (Wildman–Crippen LogP) is 5.16. The lowest BCUT2D eigenvalue weighted by atomic mass is 10.2. The van der Waals surface area contributed by atoms with E-state index in [1.165, 1.54) is 11.8 Å². The number of amides is 2. The molecular weight excluding hydrogens is 420 g/mol. The fraction of sp³-hybridized carbons (Fsp3) is 0.0800. The average Bonchev–Trinajstić information content (AvgIpc) is 3.29. The number of carbonyl (C=O) groups excluding carboxylic acids is 2. The maximum atomic E-state index is 12.6. The molecule has 6 nitrogen and oxygen atoms in total. The van der Waals surface area contributed by atoms with Gasteiger partial charge in [0, 0.05) is 35.0 Å². The zero-order chi connectivity index (χ0) is 22.3. The molecule has 0 spiro atoms. The van der Waals surface area contributed by atoms with E-state index in [0.29, 0.717) is 10.7 Å². The van der Waals surface area contributed by atoms with Gasteiger partial charge < -0.3 is 10.6 Å². The van der Waals surface area contributed by atoms with Crippen LogP contribution in [0.3, 0.4) is 0 Å². The van der Waals surface area contributed by atoms with Gasteiger partial charge in [-0.05, 0) is 48.9 Å². The van der Waals surface area contributed by atoms with Crippen molar-refractivity contribution in [1.29, 1.82) is 0 Å². The summed E-state index contributed by atoms with van der Waals surface area (Å²) in [7, 11) is 0. The molecule has 0 saturated heterocycles. The van der Waals surface area contributed by atoms with Crippen molar-refractivity contribution in [2.75, 3.05) is 16.4 Å². The second-order valence-electron chi connectivity index (χ2n) is 7.10. The Kier molecular flexibility index (Phi) is 6.67. The Morgan fingerprint density at radius 1 is 0.938 bits per heavy atom. The summed E-state index contributed by atoms with van der Waals surface area (Å²) in [5, 5.41) is 6.49. The first kappa shape index (κ1) is 21.4. The van der Waals surface area contributed by atoms with E-state index in [2.05, 4.69) is 15.6 Å². The Labute approximate surface area is 190 Å². The van der Waals surface area contributed by atoms with Crippen LogP contribution in [0.5, 0.6) is 0 Å². The lowest BCUT2D eigenvalue weighted by molar-refractivity contribution is -0.113. The second-order valence-corrected chi connectivity index (χ2v) is 8.04. The number of nitrogens with one attached hydrogen (secondary N) is 2. The van der Waals surface area contributed by atoms with E-state index in [0.717, 1.165) is 22.6 Å². The van der Waals surface area contributed by atoms with Gasteiger partial charge in [-0.3, -0.25) is 14.2 Å². The van der Waals surface area contributed by atoms with E-state index in [-0.39, 0.29) is 17.6 Å². The summed E-state index contributed by atoms with van der Waals surface area (Å²) in [5.41, 5.74) is 3.89. The number of imidazole rings is 1. The lowest BCUT2D eigenvalue weighted by Gasteiger charge is -2.11. The number of thioether (sulfide) groups is 1. The number of carbonyl (C=O) groups is 2. The van der Waals surface area contributed by atoms with Gasteiger partial charge in [-0.25, -0.2) is 4.98 Å². The van der Waals surface area contributed by atoms with Crippen molar-refractivity contribution in [2.45, 2.75) is 12.1 Å². The summed E-state index contributed by atoms with van der Waals surface area (Å²) in [6.07, 6.45) is 3.49. The number of benzene rings is 3. The minimum absolute atomic E-state index is 0.102. The number of hydrogen-bond donors (Lipinski definition) is 2. The monoisotopic (exact) mass is 442 g/mol. The lowest BCUT2D eigenvalue weighted by Crippen LogP contribution is -2.15. The Bertz CT molecular complexity index is 1240. The molecule has 0 unspecified atom stereocenters. The van der Waals surface area contributed by atoms with E-state index in [1.807, 2.05) is 84.4 Å². The van der Waals surface area contributed by atoms with Crippen LogP contribution in [0.1, 0.15) is 15.9 Å². The largest absolute Gasteiger partial charge is 0.325 e. The summed E-state index contributed by atoms with van der Waals surface area (Å²) in [4.78, 5) is 29.4. The standard InChI is InChI=1S/C25H22N4O2S/c1-18-8-5-6-13-22(18)28-23(30)17-32-25-26-14-15-29(25)21-12-7-9-19(16-21)24(31)27-20-10-3-2-4-11-20/h2-16H,17H2,1H3,(H,27,31)(H,28,30). The van der Waals surface area contributed by atoms with Gasteiger partial charge >= 0.3 is 0 Å². The van der Waals surface area contributed by atoms with Gasteiger partial charge in [0.15, 0.2) is 5.16 Å². The summed E-state index contributed by atoms with van der Waals surface area (Å²) in [5.74, 6) is -0.0701. The van der Waals surface area contributed by atoms with E-state index >= 15 is 0 Å². The van der Waals surface area contributed by atoms with Crippen LogP contribution < -0.4 is 10.6 Å². The van der Waals surface area contributed by atoms with Crippen molar-refractivity contribution in [3.63, 3.8) is 0 Å². The molecule has 32 heavy (non-hydrogen) atoms. The molecule has 4 rings (SSSR count). The topological polar surface area (TPSA) is 76.0 Å². The normalized spacial score (nSPS) is 10.5. The third-order valence-corrected chi connectivity index (χ3v) is 5.74. The van der Waals surface area contributed by atoms with Crippen molar-refractivity contribution in [3.8, 4) is 5.69 Å². The molecule has 0 radical (unpaired) electrons. The molecule has 4 aromatic rings. The SMILES string of the molecule is Cc1ccccc1NC(=O)CSc1nccn1-c1cccc(C(=O)Nc2ccccc2)c1. The molecule has 7 heteroatoms. The first-order chi connectivity index (χ1) is 15.6. The van der Waals surface area contributed by atoms with Gasteiger partial charge in [0.1, 0.15) is 0 Å². The van der Waals surface area contributed by atoms with Crippen LogP contribution in [-0.2, 0) is 4.79 Å². The van der Waals surface area contributed by atoms with Crippen LogP contribution >= 0.6 is 11.8 Å². The third kappa shape index (κ3) is 5.25. The highest BCUT2D eigenvalue weighted by atomic mass is 32.2. The number of nitrogens with zero attached hydrogens (tertiary/aromatic N) is 2. The quantitative estimate of drug-likeness (QED) is 0.388. The van der Waals surface area contributed by atoms with E-state index < -0.39 is 0 Å². The van der Waals surface area contributed by atoms with Crippen molar-refractivity contribution in [2.24, 2.45) is 0 Å². The van der Waals surface area contributed by atoms with Gasteiger partial charge in [0.05, 0.1) is 5.75 Å². The molecule has 0 aliphatic heterocycles. The highest BCUT2D eigenvalue weighted by molar-refractivity contribution is 7.99. The Morgan fingerprint density at radius 3 is 2.53 bits per heavy atom. The second kappa shape index (κ2) is 9.98. The fourth-order valence-corrected chi connectivity index (χ4v) is 3.92. The minimum atomic E-state index is -0.190. The van der Waals surface area contributed by atoms with Crippen molar-refractivity contribution < 1.29 is 9.59 Å². The molecule has 3 aromatic carbocycles. The van der Waals surface area contributed by atoms with Crippen LogP contribution in [0.4, 0.5) is 11.4 Å². The molecule has 2 amide bonds. The van der Waals surface area contributed by atoms with E-state index in [9.17, 15) is 9.59 Å². The molecule has 0 fully saturated rings. The Hall–Kier alpha value is -3.84. The van der Waals surface area contributed by atoms with Crippen molar-refractivity contribution in [3.05, 3.63) is 102 Å². The van der Waals surface area contributed by atoms with Gasteiger partial charge in [-0.1, -0.05) is 54.2 Å². The minimum Gasteiger partial charge on any atom is -0.325 e. The maximum Gasteiger partial charge on any atom is 0.255 e. The smallest absolute Gasteiger partial charge is 0.255 e. The summed E-state index contributed by atoms with van der Waals surface area (Å²) in [6.45, 7) is 1.95. The fourth-order valence-electron chi connectivity index (χ4n) is 3.14. The van der Waals surface area contributed by atoms with Crippen LogP contribution in [0.25, 0.3) is 5.69 Å². The van der Waals surface area contributed by atoms with Gasteiger partial charge in [-0.15, -0.1) is 0 Å². The van der Waals surface area contributed by atoms with Crippen LogP contribution in [0, 0.1) is 6.92 Å². The Balaban J connectivity index is 1.44.